The Morgan fingerprint density at radius 1 is 1.67 bits per heavy atom. The molecule has 0 aliphatic carbocycles. The summed E-state index contributed by atoms with van der Waals surface area (Å²) >= 11 is 0. The van der Waals surface area contributed by atoms with E-state index in [2.05, 4.69) is 0 Å². The van der Waals surface area contributed by atoms with Gasteiger partial charge in [-0.05, 0) is 12.1 Å². The predicted molar refractivity (Wildman–Crippen MR) is 43.4 cm³/mol. The minimum Gasteiger partial charge on any atom is -0.461 e. The second-order valence-corrected chi connectivity index (χ2v) is 2.49. The number of methoxy groups -OCH3 is 1. The molecule has 68 valence electrons. The molecule has 0 radical (unpaired) electrons. The maximum atomic E-state index is 9.25. The first-order valence-corrected chi connectivity index (χ1v) is 3.73. The summed E-state index contributed by atoms with van der Waals surface area (Å²) < 4.78 is 10.1. The van der Waals surface area contributed by atoms with Crippen LogP contribution in [0.5, 0.6) is 0 Å². The second kappa shape index (κ2) is 4.25. The minimum absolute atomic E-state index is 0.167. The van der Waals surface area contributed by atoms with Crippen molar-refractivity contribution < 1.29 is 14.3 Å². The zero-order chi connectivity index (χ0) is 8.97. The van der Waals surface area contributed by atoms with Gasteiger partial charge in [-0.2, -0.15) is 0 Å². The van der Waals surface area contributed by atoms with Crippen molar-refractivity contribution in [1.82, 2.24) is 0 Å². The van der Waals surface area contributed by atoms with Crippen molar-refractivity contribution >= 4 is 0 Å². The normalized spacial score (nSPS) is 13.2. The first-order chi connectivity index (χ1) is 5.77. The molecule has 0 saturated heterocycles. The van der Waals surface area contributed by atoms with Crippen molar-refractivity contribution in [2.24, 2.45) is 5.73 Å². The maximum Gasteiger partial charge on any atom is 0.134 e. The number of aliphatic hydroxyl groups excluding tert-OH is 1. The predicted octanol–water partition coefficient (Wildman–Crippen LogP) is 0.418. The fraction of sp³-hybridized carbons (Fsp3) is 0.500. The van der Waals surface area contributed by atoms with Crippen LogP contribution in [0, 0.1) is 0 Å². The molecule has 1 atom stereocenters. The van der Waals surface area contributed by atoms with E-state index in [0.29, 0.717) is 18.1 Å². The van der Waals surface area contributed by atoms with E-state index < -0.39 is 6.10 Å². The lowest BCUT2D eigenvalue weighted by Gasteiger charge is -2.02. The standard InChI is InChI=1S/C8H13NO3/c1-11-5-6-2-3-8(12-6)7(10)4-9/h2-3,7,10H,4-5,9H2,1H3/t7-/m0/s1. The highest BCUT2D eigenvalue weighted by atomic mass is 16.5. The Balaban J connectivity index is 2.63. The molecule has 1 aromatic rings. The molecular weight excluding hydrogens is 158 g/mol. The quantitative estimate of drug-likeness (QED) is 0.688. The van der Waals surface area contributed by atoms with Gasteiger partial charge in [0, 0.05) is 13.7 Å². The lowest BCUT2D eigenvalue weighted by atomic mass is 10.3. The number of ether oxygens (including phenoxy) is 1. The third-order valence-electron chi connectivity index (χ3n) is 1.52. The Bertz CT molecular complexity index is 234. The van der Waals surface area contributed by atoms with Crippen molar-refractivity contribution in [1.29, 1.82) is 0 Å². The molecule has 4 nitrogen and oxygen atoms in total. The van der Waals surface area contributed by atoms with Crippen LogP contribution in [0.1, 0.15) is 17.6 Å². The molecule has 0 unspecified atom stereocenters. The average Bonchev–Trinajstić information content (AvgIpc) is 2.52. The van der Waals surface area contributed by atoms with Gasteiger partial charge in [-0.25, -0.2) is 0 Å². The van der Waals surface area contributed by atoms with Crippen LogP contribution >= 0.6 is 0 Å². The smallest absolute Gasteiger partial charge is 0.134 e. The van der Waals surface area contributed by atoms with Gasteiger partial charge in [0.25, 0.3) is 0 Å². The Morgan fingerprint density at radius 3 is 3.00 bits per heavy atom. The van der Waals surface area contributed by atoms with Crippen molar-refractivity contribution in [3.8, 4) is 0 Å². The van der Waals surface area contributed by atoms with E-state index in [1.807, 2.05) is 0 Å². The summed E-state index contributed by atoms with van der Waals surface area (Å²) in [6.45, 7) is 0.581. The summed E-state index contributed by atoms with van der Waals surface area (Å²) in [5, 5.41) is 9.25. The SMILES string of the molecule is COCc1ccc([C@@H](O)CN)o1. The fourth-order valence-electron chi connectivity index (χ4n) is 0.910. The molecule has 0 fully saturated rings. The Hall–Kier alpha value is -0.840. The largest absolute Gasteiger partial charge is 0.461 e. The van der Waals surface area contributed by atoms with E-state index in [4.69, 9.17) is 14.9 Å². The molecule has 1 aromatic heterocycles. The molecule has 0 spiro atoms. The van der Waals surface area contributed by atoms with Gasteiger partial charge < -0.3 is 20.0 Å². The number of furan rings is 1. The molecule has 4 heteroatoms. The summed E-state index contributed by atoms with van der Waals surface area (Å²) in [4.78, 5) is 0. The van der Waals surface area contributed by atoms with E-state index in [-0.39, 0.29) is 6.54 Å². The lowest BCUT2D eigenvalue weighted by molar-refractivity contribution is 0.136. The Labute approximate surface area is 70.9 Å². The van der Waals surface area contributed by atoms with Crippen LogP contribution in [-0.2, 0) is 11.3 Å². The molecular formula is C8H13NO3. The summed E-state index contributed by atoms with van der Waals surface area (Å²) in [5.74, 6) is 1.18. The monoisotopic (exact) mass is 171 g/mol. The molecule has 0 aromatic carbocycles. The topological polar surface area (TPSA) is 68.6 Å². The molecule has 0 aliphatic rings. The summed E-state index contributed by atoms with van der Waals surface area (Å²) in [6.07, 6.45) is -0.712. The van der Waals surface area contributed by atoms with E-state index in [1.54, 1.807) is 19.2 Å². The van der Waals surface area contributed by atoms with Crippen molar-refractivity contribution in [3.05, 3.63) is 23.7 Å². The van der Waals surface area contributed by atoms with Crippen LogP contribution in [-0.4, -0.2) is 18.8 Å². The maximum absolute atomic E-state index is 9.25. The fourth-order valence-corrected chi connectivity index (χ4v) is 0.910. The molecule has 3 N–H and O–H groups in total. The van der Waals surface area contributed by atoms with E-state index >= 15 is 0 Å². The zero-order valence-corrected chi connectivity index (χ0v) is 6.99. The van der Waals surface area contributed by atoms with E-state index in [1.165, 1.54) is 0 Å². The first kappa shape index (κ1) is 9.25. The summed E-state index contributed by atoms with van der Waals surface area (Å²) in [6, 6.07) is 3.46. The van der Waals surface area contributed by atoms with Gasteiger partial charge in [0.2, 0.25) is 0 Å². The van der Waals surface area contributed by atoms with Gasteiger partial charge in [0.15, 0.2) is 0 Å². The second-order valence-electron chi connectivity index (χ2n) is 2.49. The Morgan fingerprint density at radius 2 is 2.42 bits per heavy atom. The van der Waals surface area contributed by atoms with Gasteiger partial charge in [-0.15, -0.1) is 0 Å². The van der Waals surface area contributed by atoms with Crippen LogP contribution in [0.15, 0.2) is 16.5 Å². The van der Waals surface area contributed by atoms with Crippen LogP contribution in [0.3, 0.4) is 0 Å². The molecule has 12 heavy (non-hydrogen) atoms. The summed E-state index contributed by atoms with van der Waals surface area (Å²) in [5.41, 5.74) is 5.25. The third-order valence-corrected chi connectivity index (χ3v) is 1.52. The minimum atomic E-state index is -0.712. The Kier molecular flexibility index (Phi) is 3.28. The van der Waals surface area contributed by atoms with Crippen molar-refractivity contribution in [2.45, 2.75) is 12.7 Å². The van der Waals surface area contributed by atoms with Crippen LogP contribution in [0.4, 0.5) is 0 Å². The average molecular weight is 171 g/mol. The van der Waals surface area contributed by atoms with Gasteiger partial charge in [0.05, 0.1) is 0 Å². The highest BCUT2D eigenvalue weighted by molar-refractivity contribution is 5.08. The molecule has 0 saturated carbocycles. The third kappa shape index (κ3) is 2.07. The van der Waals surface area contributed by atoms with Crippen LogP contribution in [0.2, 0.25) is 0 Å². The van der Waals surface area contributed by atoms with Gasteiger partial charge >= 0.3 is 0 Å². The van der Waals surface area contributed by atoms with E-state index in [9.17, 15) is 5.11 Å². The number of aliphatic hydroxyl groups is 1. The molecule has 1 heterocycles. The van der Waals surface area contributed by atoms with E-state index in [0.717, 1.165) is 0 Å². The zero-order valence-electron chi connectivity index (χ0n) is 6.99. The van der Waals surface area contributed by atoms with Gasteiger partial charge in [-0.1, -0.05) is 0 Å². The van der Waals surface area contributed by atoms with Gasteiger partial charge in [0.1, 0.15) is 24.2 Å². The van der Waals surface area contributed by atoms with Crippen LogP contribution in [0.25, 0.3) is 0 Å². The molecule has 1 rings (SSSR count). The van der Waals surface area contributed by atoms with Gasteiger partial charge in [-0.3, -0.25) is 0 Å². The van der Waals surface area contributed by atoms with Crippen LogP contribution < -0.4 is 5.73 Å². The number of hydrogen-bond acceptors (Lipinski definition) is 4. The first-order valence-electron chi connectivity index (χ1n) is 3.73. The highest BCUT2D eigenvalue weighted by Crippen LogP contribution is 2.15. The highest BCUT2D eigenvalue weighted by Gasteiger charge is 2.09. The number of rotatable bonds is 4. The lowest BCUT2D eigenvalue weighted by Crippen LogP contribution is -2.10. The molecule has 0 aliphatic heterocycles. The summed E-state index contributed by atoms with van der Waals surface area (Å²) in [7, 11) is 1.58. The number of hydrogen-bond donors (Lipinski definition) is 2. The number of nitrogens with two attached hydrogens (primary N) is 1. The van der Waals surface area contributed by atoms with Crippen molar-refractivity contribution in [3.63, 3.8) is 0 Å². The molecule has 0 bridgehead atoms. The van der Waals surface area contributed by atoms with Crippen molar-refractivity contribution in [2.75, 3.05) is 13.7 Å². The molecule has 0 amide bonds.